The second kappa shape index (κ2) is 5.33. The van der Waals surface area contributed by atoms with Crippen molar-refractivity contribution in [2.24, 2.45) is 5.73 Å². The Kier molecular flexibility index (Phi) is 3.60. The predicted molar refractivity (Wildman–Crippen MR) is 70.1 cm³/mol. The molecule has 0 radical (unpaired) electrons. The van der Waals surface area contributed by atoms with E-state index in [0.717, 1.165) is 5.56 Å². The number of nitrogens with one attached hydrogen (secondary N) is 1. The first kappa shape index (κ1) is 12.1. The minimum absolute atomic E-state index is 0.0195. The molecule has 0 heterocycles. The highest BCUT2D eigenvalue weighted by Gasteiger charge is 2.16. The molecule has 0 spiro atoms. The van der Waals surface area contributed by atoms with Crippen LogP contribution in [0.2, 0.25) is 0 Å². The van der Waals surface area contributed by atoms with Crippen LogP contribution in [-0.2, 0) is 4.79 Å². The lowest BCUT2D eigenvalue weighted by atomic mass is 10.1. The van der Waals surface area contributed by atoms with Crippen LogP contribution in [0.3, 0.4) is 0 Å². The van der Waals surface area contributed by atoms with Gasteiger partial charge >= 0.3 is 0 Å². The molecule has 0 saturated heterocycles. The number of aromatic hydroxyl groups is 1. The molecular weight excluding hydrogens is 228 g/mol. The zero-order chi connectivity index (χ0) is 13.0. The summed E-state index contributed by atoms with van der Waals surface area (Å²) in [7, 11) is 0. The fraction of sp³-hybridized carbons (Fsp3) is 0.0714. The Morgan fingerprint density at radius 3 is 2.33 bits per heavy atom. The van der Waals surface area contributed by atoms with Gasteiger partial charge in [0.1, 0.15) is 11.8 Å². The number of benzene rings is 2. The molecule has 2 aromatic rings. The zero-order valence-electron chi connectivity index (χ0n) is 9.71. The second-order valence-electron chi connectivity index (χ2n) is 3.89. The van der Waals surface area contributed by atoms with Crippen LogP contribution in [0.15, 0.2) is 54.6 Å². The maximum absolute atomic E-state index is 11.9. The van der Waals surface area contributed by atoms with Crippen molar-refractivity contribution in [3.8, 4) is 5.75 Å². The largest absolute Gasteiger partial charge is 0.506 e. The summed E-state index contributed by atoms with van der Waals surface area (Å²) in [6.07, 6.45) is 0. The number of hydrogen-bond acceptors (Lipinski definition) is 3. The quantitative estimate of drug-likeness (QED) is 0.721. The van der Waals surface area contributed by atoms with Gasteiger partial charge in [0.25, 0.3) is 0 Å². The minimum atomic E-state index is -0.759. The lowest BCUT2D eigenvalue weighted by Gasteiger charge is -2.13. The molecule has 0 bridgehead atoms. The summed E-state index contributed by atoms with van der Waals surface area (Å²) in [5.74, 6) is -0.339. The number of amides is 1. The topological polar surface area (TPSA) is 75.4 Å². The molecule has 0 unspecified atom stereocenters. The van der Waals surface area contributed by atoms with E-state index in [1.165, 1.54) is 6.07 Å². The van der Waals surface area contributed by atoms with Gasteiger partial charge in [-0.2, -0.15) is 0 Å². The normalized spacial score (nSPS) is 11.8. The molecule has 4 heteroatoms. The number of para-hydroxylation sites is 2. The molecule has 0 aliphatic rings. The van der Waals surface area contributed by atoms with E-state index in [1.807, 2.05) is 18.2 Å². The van der Waals surface area contributed by atoms with Crippen molar-refractivity contribution < 1.29 is 9.90 Å². The van der Waals surface area contributed by atoms with Crippen molar-refractivity contribution in [3.63, 3.8) is 0 Å². The summed E-state index contributed by atoms with van der Waals surface area (Å²) in [6, 6.07) is 14.8. The lowest BCUT2D eigenvalue weighted by Crippen LogP contribution is -2.27. The van der Waals surface area contributed by atoms with E-state index in [4.69, 9.17) is 5.73 Å². The molecule has 0 aliphatic carbocycles. The highest BCUT2D eigenvalue weighted by atomic mass is 16.3. The third kappa shape index (κ3) is 2.67. The molecular formula is C14H14N2O2. The highest BCUT2D eigenvalue weighted by molar-refractivity contribution is 5.96. The van der Waals surface area contributed by atoms with Gasteiger partial charge in [-0.25, -0.2) is 0 Å². The van der Waals surface area contributed by atoms with Crippen LogP contribution in [0.4, 0.5) is 5.69 Å². The summed E-state index contributed by atoms with van der Waals surface area (Å²) >= 11 is 0. The second-order valence-corrected chi connectivity index (χ2v) is 3.89. The van der Waals surface area contributed by atoms with E-state index in [1.54, 1.807) is 30.3 Å². The molecule has 2 aromatic carbocycles. The average Bonchev–Trinajstić information content (AvgIpc) is 2.41. The van der Waals surface area contributed by atoms with Crippen LogP contribution < -0.4 is 11.1 Å². The lowest BCUT2D eigenvalue weighted by molar-refractivity contribution is -0.117. The number of phenolic OH excluding ortho intramolecular Hbond substituents is 1. The maximum Gasteiger partial charge on any atom is 0.245 e. The minimum Gasteiger partial charge on any atom is -0.506 e. The van der Waals surface area contributed by atoms with E-state index < -0.39 is 6.04 Å². The molecule has 4 nitrogen and oxygen atoms in total. The zero-order valence-corrected chi connectivity index (χ0v) is 9.71. The van der Waals surface area contributed by atoms with Crippen LogP contribution in [0, 0.1) is 0 Å². The predicted octanol–water partition coefficient (Wildman–Crippen LogP) is 2.03. The highest BCUT2D eigenvalue weighted by Crippen LogP contribution is 2.22. The van der Waals surface area contributed by atoms with E-state index in [0.29, 0.717) is 5.69 Å². The average molecular weight is 242 g/mol. The number of rotatable bonds is 3. The van der Waals surface area contributed by atoms with E-state index in [2.05, 4.69) is 5.32 Å². The molecule has 1 atom stereocenters. The van der Waals surface area contributed by atoms with Gasteiger partial charge in [0.2, 0.25) is 5.91 Å². The van der Waals surface area contributed by atoms with Crippen molar-refractivity contribution in [3.05, 3.63) is 60.2 Å². The molecule has 1 amide bonds. The molecule has 0 saturated carbocycles. The fourth-order valence-electron chi connectivity index (χ4n) is 1.60. The SMILES string of the molecule is N[C@@H](C(=O)Nc1ccccc1O)c1ccccc1. The summed E-state index contributed by atoms with van der Waals surface area (Å²) in [4.78, 5) is 11.9. The maximum atomic E-state index is 11.9. The number of carbonyl (C=O) groups excluding carboxylic acids is 1. The van der Waals surface area contributed by atoms with Crippen LogP contribution >= 0.6 is 0 Å². The van der Waals surface area contributed by atoms with Gasteiger partial charge < -0.3 is 16.2 Å². The van der Waals surface area contributed by atoms with Crippen molar-refractivity contribution in [1.82, 2.24) is 0 Å². The van der Waals surface area contributed by atoms with Crippen LogP contribution in [0.1, 0.15) is 11.6 Å². The molecule has 2 rings (SSSR count). The van der Waals surface area contributed by atoms with Crippen LogP contribution in [0.5, 0.6) is 5.75 Å². The first-order valence-electron chi connectivity index (χ1n) is 5.58. The van der Waals surface area contributed by atoms with Gasteiger partial charge in [-0.05, 0) is 17.7 Å². The summed E-state index contributed by atoms with van der Waals surface area (Å²) < 4.78 is 0. The smallest absolute Gasteiger partial charge is 0.245 e. The van der Waals surface area contributed by atoms with Crippen molar-refractivity contribution in [1.29, 1.82) is 0 Å². The Hall–Kier alpha value is -2.33. The number of hydrogen-bond donors (Lipinski definition) is 3. The monoisotopic (exact) mass is 242 g/mol. The molecule has 0 aliphatic heterocycles. The van der Waals surface area contributed by atoms with Crippen molar-refractivity contribution in [2.45, 2.75) is 6.04 Å². The Labute approximate surface area is 105 Å². The third-order valence-corrected chi connectivity index (χ3v) is 2.60. The van der Waals surface area contributed by atoms with Crippen molar-refractivity contribution in [2.75, 3.05) is 5.32 Å². The fourth-order valence-corrected chi connectivity index (χ4v) is 1.60. The molecule has 4 N–H and O–H groups in total. The molecule has 18 heavy (non-hydrogen) atoms. The van der Waals surface area contributed by atoms with E-state index >= 15 is 0 Å². The van der Waals surface area contributed by atoms with Crippen LogP contribution in [0.25, 0.3) is 0 Å². The van der Waals surface area contributed by atoms with Gasteiger partial charge in [-0.3, -0.25) is 4.79 Å². The summed E-state index contributed by atoms with van der Waals surface area (Å²) in [6.45, 7) is 0. The number of anilines is 1. The Morgan fingerprint density at radius 2 is 1.67 bits per heavy atom. The first-order valence-corrected chi connectivity index (χ1v) is 5.58. The Balaban J connectivity index is 2.12. The number of carbonyl (C=O) groups is 1. The van der Waals surface area contributed by atoms with Crippen LogP contribution in [-0.4, -0.2) is 11.0 Å². The number of nitrogens with two attached hydrogens (primary N) is 1. The third-order valence-electron chi connectivity index (χ3n) is 2.60. The Morgan fingerprint density at radius 1 is 1.06 bits per heavy atom. The number of phenols is 1. The molecule has 92 valence electrons. The van der Waals surface area contributed by atoms with Gasteiger partial charge in [0, 0.05) is 0 Å². The van der Waals surface area contributed by atoms with Gasteiger partial charge in [0.05, 0.1) is 5.69 Å². The Bertz CT molecular complexity index is 541. The van der Waals surface area contributed by atoms with E-state index in [-0.39, 0.29) is 11.7 Å². The van der Waals surface area contributed by atoms with E-state index in [9.17, 15) is 9.90 Å². The standard InChI is InChI=1S/C14H14N2O2/c15-13(10-6-2-1-3-7-10)14(18)16-11-8-4-5-9-12(11)17/h1-9,13,17H,15H2,(H,16,18)/t13-/m1/s1. The van der Waals surface area contributed by atoms with Crippen molar-refractivity contribution >= 4 is 11.6 Å². The van der Waals surface area contributed by atoms with Gasteiger partial charge in [-0.1, -0.05) is 42.5 Å². The van der Waals surface area contributed by atoms with Gasteiger partial charge in [-0.15, -0.1) is 0 Å². The summed E-state index contributed by atoms with van der Waals surface area (Å²) in [5, 5.41) is 12.2. The first-order chi connectivity index (χ1) is 8.68. The molecule has 0 fully saturated rings. The summed E-state index contributed by atoms with van der Waals surface area (Å²) in [5.41, 5.74) is 6.93. The van der Waals surface area contributed by atoms with Gasteiger partial charge in [0.15, 0.2) is 0 Å². The molecule has 0 aromatic heterocycles.